The summed E-state index contributed by atoms with van der Waals surface area (Å²) < 4.78 is 5.46. The summed E-state index contributed by atoms with van der Waals surface area (Å²) >= 11 is 0. The standard InChI is InChI=1S/C11H22N2O2/c1-8(2)7-13(4)11(14)10-9(3)15-6-5-12-10/h8-10,12H,5-7H2,1-4H3/t9-,10+/m1/s1. The number of nitrogens with one attached hydrogen (secondary N) is 1. The molecule has 0 saturated carbocycles. The van der Waals surface area contributed by atoms with Crippen LogP contribution in [0.5, 0.6) is 0 Å². The van der Waals surface area contributed by atoms with E-state index in [9.17, 15) is 4.79 Å². The fourth-order valence-corrected chi connectivity index (χ4v) is 1.88. The van der Waals surface area contributed by atoms with Crippen LogP contribution in [0.3, 0.4) is 0 Å². The highest BCUT2D eigenvalue weighted by molar-refractivity contribution is 5.82. The third-order valence-electron chi connectivity index (χ3n) is 2.60. The van der Waals surface area contributed by atoms with Crippen LogP contribution in [0.4, 0.5) is 0 Å². The molecule has 1 aliphatic heterocycles. The lowest BCUT2D eigenvalue weighted by Crippen LogP contribution is -2.56. The largest absolute Gasteiger partial charge is 0.375 e. The van der Waals surface area contributed by atoms with E-state index >= 15 is 0 Å². The molecule has 1 fully saturated rings. The lowest BCUT2D eigenvalue weighted by molar-refractivity contribution is -0.138. The molecule has 1 aliphatic rings. The second-order valence-corrected chi connectivity index (χ2v) is 4.62. The Bertz CT molecular complexity index is 219. The van der Waals surface area contributed by atoms with Gasteiger partial charge in [-0.05, 0) is 12.8 Å². The van der Waals surface area contributed by atoms with Crippen LogP contribution in [-0.4, -0.2) is 49.7 Å². The van der Waals surface area contributed by atoms with Crippen LogP contribution in [0.1, 0.15) is 20.8 Å². The van der Waals surface area contributed by atoms with Gasteiger partial charge in [-0.15, -0.1) is 0 Å². The van der Waals surface area contributed by atoms with Crippen molar-refractivity contribution in [3.05, 3.63) is 0 Å². The van der Waals surface area contributed by atoms with Crippen molar-refractivity contribution < 1.29 is 9.53 Å². The van der Waals surface area contributed by atoms with Gasteiger partial charge in [-0.1, -0.05) is 13.8 Å². The molecule has 15 heavy (non-hydrogen) atoms. The average Bonchev–Trinajstić information content (AvgIpc) is 2.16. The molecule has 0 aromatic rings. The van der Waals surface area contributed by atoms with E-state index in [1.165, 1.54) is 0 Å². The summed E-state index contributed by atoms with van der Waals surface area (Å²) in [4.78, 5) is 13.8. The number of likely N-dealkylation sites (N-methyl/N-ethyl adjacent to an activating group) is 1. The molecular weight excluding hydrogens is 192 g/mol. The maximum absolute atomic E-state index is 12.0. The lowest BCUT2D eigenvalue weighted by atomic mass is 10.1. The highest BCUT2D eigenvalue weighted by atomic mass is 16.5. The number of carbonyl (C=O) groups excluding carboxylic acids is 1. The zero-order chi connectivity index (χ0) is 11.4. The van der Waals surface area contributed by atoms with E-state index in [1.54, 1.807) is 4.90 Å². The molecule has 0 unspecified atom stereocenters. The van der Waals surface area contributed by atoms with Crippen molar-refractivity contribution >= 4 is 5.91 Å². The summed E-state index contributed by atoms with van der Waals surface area (Å²) in [5.74, 6) is 0.634. The van der Waals surface area contributed by atoms with Crippen molar-refractivity contribution in [3.63, 3.8) is 0 Å². The van der Waals surface area contributed by atoms with Crippen molar-refractivity contribution in [2.24, 2.45) is 5.92 Å². The van der Waals surface area contributed by atoms with Crippen LogP contribution in [0.15, 0.2) is 0 Å². The molecule has 88 valence electrons. The number of ether oxygens (including phenoxy) is 1. The molecule has 1 saturated heterocycles. The average molecular weight is 214 g/mol. The fraction of sp³-hybridized carbons (Fsp3) is 0.909. The fourth-order valence-electron chi connectivity index (χ4n) is 1.88. The number of amides is 1. The summed E-state index contributed by atoms with van der Waals surface area (Å²) in [5.41, 5.74) is 0. The number of carbonyl (C=O) groups is 1. The van der Waals surface area contributed by atoms with Crippen molar-refractivity contribution in [3.8, 4) is 0 Å². The molecule has 0 aromatic carbocycles. The van der Waals surface area contributed by atoms with E-state index in [0.29, 0.717) is 12.5 Å². The van der Waals surface area contributed by atoms with Crippen LogP contribution in [0.25, 0.3) is 0 Å². The van der Waals surface area contributed by atoms with Gasteiger partial charge in [-0.3, -0.25) is 4.79 Å². The minimum Gasteiger partial charge on any atom is -0.375 e. The third-order valence-corrected chi connectivity index (χ3v) is 2.60. The summed E-state index contributed by atoms with van der Waals surface area (Å²) in [6.45, 7) is 8.41. The van der Waals surface area contributed by atoms with Crippen LogP contribution >= 0.6 is 0 Å². The smallest absolute Gasteiger partial charge is 0.242 e. The maximum atomic E-state index is 12.0. The van der Waals surface area contributed by atoms with Gasteiger partial charge in [0.15, 0.2) is 0 Å². The lowest BCUT2D eigenvalue weighted by Gasteiger charge is -2.32. The van der Waals surface area contributed by atoms with Crippen molar-refractivity contribution in [1.29, 1.82) is 0 Å². The number of hydrogen-bond donors (Lipinski definition) is 1. The molecule has 0 spiro atoms. The Morgan fingerprint density at radius 1 is 1.60 bits per heavy atom. The molecular formula is C11H22N2O2. The van der Waals surface area contributed by atoms with Gasteiger partial charge in [0.25, 0.3) is 0 Å². The Morgan fingerprint density at radius 3 is 2.80 bits per heavy atom. The second kappa shape index (κ2) is 5.47. The predicted molar refractivity (Wildman–Crippen MR) is 59.7 cm³/mol. The van der Waals surface area contributed by atoms with E-state index in [1.807, 2.05) is 14.0 Å². The van der Waals surface area contributed by atoms with Gasteiger partial charge in [0, 0.05) is 20.1 Å². The Morgan fingerprint density at radius 2 is 2.27 bits per heavy atom. The zero-order valence-electron chi connectivity index (χ0n) is 10.1. The van der Waals surface area contributed by atoms with Gasteiger partial charge in [0.1, 0.15) is 6.04 Å². The van der Waals surface area contributed by atoms with Gasteiger partial charge in [0.05, 0.1) is 12.7 Å². The number of nitrogens with zero attached hydrogens (tertiary/aromatic N) is 1. The van der Waals surface area contributed by atoms with Crippen molar-refractivity contribution in [2.75, 3.05) is 26.7 Å². The molecule has 4 nitrogen and oxygen atoms in total. The monoisotopic (exact) mass is 214 g/mol. The molecule has 4 heteroatoms. The van der Waals surface area contributed by atoms with E-state index in [2.05, 4.69) is 19.2 Å². The van der Waals surface area contributed by atoms with Gasteiger partial charge >= 0.3 is 0 Å². The normalized spacial score (nSPS) is 26.7. The van der Waals surface area contributed by atoms with Gasteiger partial charge in [-0.25, -0.2) is 0 Å². The zero-order valence-corrected chi connectivity index (χ0v) is 10.1. The maximum Gasteiger partial charge on any atom is 0.242 e. The molecule has 2 atom stereocenters. The Labute approximate surface area is 92.0 Å². The number of rotatable bonds is 3. The first kappa shape index (κ1) is 12.5. The highest BCUT2D eigenvalue weighted by Gasteiger charge is 2.30. The first-order valence-electron chi connectivity index (χ1n) is 5.62. The van der Waals surface area contributed by atoms with Crippen molar-refractivity contribution in [1.82, 2.24) is 10.2 Å². The highest BCUT2D eigenvalue weighted by Crippen LogP contribution is 2.08. The van der Waals surface area contributed by atoms with E-state index in [4.69, 9.17) is 4.74 Å². The Hall–Kier alpha value is -0.610. The van der Waals surface area contributed by atoms with Crippen LogP contribution in [0.2, 0.25) is 0 Å². The summed E-state index contributed by atoms with van der Waals surface area (Å²) in [5, 5.41) is 3.21. The summed E-state index contributed by atoms with van der Waals surface area (Å²) in [7, 11) is 1.85. The minimum atomic E-state index is -0.178. The van der Waals surface area contributed by atoms with Crippen LogP contribution in [0, 0.1) is 5.92 Å². The van der Waals surface area contributed by atoms with Crippen LogP contribution in [-0.2, 0) is 9.53 Å². The van der Waals surface area contributed by atoms with Gasteiger partial charge in [0.2, 0.25) is 5.91 Å². The first-order chi connectivity index (χ1) is 7.02. The number of morpholine rings is 1. The molecule has 0 aromatic heterocycles. The molecule has 0 bridgehead atoms. The molecule has 1 heterocycles. The first-order valence-corrected chi connectivity index (χ1v) is 5.62. The molecule has 1 amide bonds. The molecule has 0 aliphatic carbocycles. The SMILES string of the molecule is CC(C)CN(C)C(=O)[C@H]1NCCO[C@@H]1C. The summed E-state index contributed by atoms with van der Waals surface area (Å²) in [6.07, 6.45) is -0.0270. The quantitative estimate of drug-likeness (QED) is 0.743. The van der Waals surface area contributed by atoms with Crippen molar-refractivity contribution in [2.45, 2.75) is 32.9 Å². The van der Waals surface area contributed by atoms with E-state index in [0.717, 1.165) is 13.1 Å². The van der Waals surface area contributed by atoms with Gasteiger partial charge in [-0.2, -0.15) is 0 Å². The summed E-state index contributed by atoms with van der Waals surface area (Å²) in [6, 6.07) is -0.178. The topological polar surface area (TPSA) is 41.6 Å². The Balaban J connectivity index is 2.50. The van der Waals surface area contributed by atoms with Gasteiger partial charge < -0.3 is 15.0 Å². The molecule has 0 radical (unpaired) electrons. The minimum absolute atomic E-state index is 0.0270. The second-order valence-electron chi connectivity index (χ2n) is 4.62. The Kier molecular flexibility index (Phi) is 4.54. The van der Waals surface area contributed by atoms with E-state index in [-0.39, 0.29) is 18.1 Å². The molecule has 1 rings (SSSR count). The van der Waals surface area contributed by atoms with Crippen LogP contribution < -0.4 is 5.32 Å². The number of hydrogen-bond acceptors (Lipinski definition) is 3. The molecule has 1 N–H and O–H groups in total. The third kappa shape index (κ3) is 3.47. The predicted octanol–water partition coefficient (Wildman–Crippen LogP) is 0.478. The van der Waals surface area contributed by atoms with E-state index < -0.39 is 0 Å².